The first-order chi connectivity index (χ1) is 13.4. The van der Waals surface area contributed by atoms with Gasteiger partial charge in [0.15, 0.2) is 5.69 Å². The molecule has 0 spiro atoms. The van der Waals surface area contributed by atoms with Gasteiger partial charge in [0.25, 0.3) is 11.5 Å². The molecule has 1 amide bonds. The quantitative estimate of drug-likeness (QED) is 0.580. The third-order valence-electron chi connectivity index (χ3n) is 4.71. The number of amides is 1. The lowest BCUT2D eigenvalue weighted by Crippen LogP contribution is -2.29. The van der Waals surface area contributed by atoms with Crippen LogP contribution in [0.25, 0.3) is 22.0 Å². The molecule has 0 fully saturated rings. The summed E-state index contributed by atoms with van der Waals surface area (Å²) in [6.07, 6.45) is 0. The lowest BCUT2D eigenvalue weighted by molar-refractivity contribution is 0.100. The first-order valence-corrected chi connectivity index (χ1v) is 9.63. The number of benzene rings is 1. The second kappa shape index (κ2) is 6.72. The minimum Gasteiger partial charge on any atom is -0.267 e. The third kappa shape index (κ3) is 2.91. The first-order valence-electron chi connectivity index (χ1n) is 8.75. The van der Waals surface area contributed by atoms with E-state index in [0.717, 1.165) is 27.7 Å². The van der Waals surface area contributed by atoms with E-state index in [9.17, 15) is 9.59 Å². The van der Waals surface area contributed by atoms with E-state index < -0.39 is 0 Å². The van der Waals surface area contributed by atoms with E-state index in [2.05, 4.69) is 15.5 Å². The molecule has 4 rings (SSSR count). The number of carbonyl (C=O) groups is 1. The summed E-state index contributed by atoms with van der Waals surface area (Å²) in [5.74, 6) is -0.380. The van der Waals surface area contributed by atoms with E-state index in [1.807, 2.05) is 32.2 Å². The molecule has 0 aliphatic heterocycles. The van der Waals surface area contributed by atoms with Crippen molar-refractivity contribution < 1.29 is 4.79 Å². The van der Waals surface area contributed by atoms with Crippen LogP contribution in [0.2, 0.25) is 0 Å². The maximum Gasteiger partial charge on any atom is 0.291 e. The van der Waals surface area contributed by atoms with Crippen molar-refractivity contribution in [2.24, 2.45) is 7.05 Å². The summed E-state index contributed by atoms with van der Waals surface area (Å²) >= 11 is 1.59. The molecule has 142 valence electrons. The molecule has 0 aliphatic carbocycles. The van der Waals surface area contributed by atoms with Crippen molar-refractivity contribution in [1.29, 1.82) is 0 Å². The summed E-state index contributed by atoms with van der Waals surface area (Å²) in [6, 6.07) is 8.99. The number of aryl methyl sites for hydroxylation is 3. The first kappa shape index (κ1) is 18.1. The van der Waals surface area contributed by atoms with Crippen LogP contribution in [0.5, 0.6) is 0 Å². The van der Waals surface area contributed by atoms with Crippen LogP contribution in [-0.2, 0) is 7.05 Å². The molecule has 0 bridgehead atoms. The van der Waals surface area contributed by atoms with Crippen LogP contribution in [0.4, 0.5) is 0 Å². The molecule has 1 N–H and O–H groups in total. The Kier molecular flexibility index (Phi) is 4.35. The van der Waals surface area contributed by atoms with Crippen molar-refractivity contribution in [3.05, 3.63) is 68.2 Å². The highest BCUT2D eigenvalue weighted by molar-refractivity contribution is 7.09. The van der Waals surface area contributed by atoms with Crippen molar-refractivity contribution >= 4 is 28.0 Å². The molecule has 0 unspecified atom stereocenters. The molecule has 0 aliphatic rings. The molecule has 3 heterocycles. The standard InChI is InChI=1S/C20H19N5O2S/c1-11-9-16(17-10-28-13(3)21-17)12(2)25(11)23-19(26)18-14-7-5-6-8-15(14)20(27)24(4)22-18/h5-10H,1-4H3,(H,23,26). The average Bonchev–Trinajstić information content (AvgIpc) is 3.22. The molecule has 8 heteroatoms. The summed E-state index contributed by atoms with van der Waals surface area (Å²) < 4.78 is 2.92. The zero-order valence-corrected chi connectivity index (χ0v) is 16.8. The van der Waals surface area contributed by atoms with E-state index >= 15 is 0 Å². The Labute approximate surface area is 165 Å². The molecule has 28 heavy (non-hydrogen) atoms. The summed E-state index contributed by atoms with van der Waals surface area (Å²) in [6.45, 7) is 5.82. The van der Waals surface area contributed by atoms with Crippen LogP contribution in [0.1, 0.15) is 26.9 Å². The van der Waals surface area contributed by atoms with Gasteiger partial charge >= 0.3 is 0 Å². The summed E-state index contributed by atoms with van der Waals surface area (Å²) in [4.78, 5) is 29.8. The minimum absolute atomic E-state index is 0.205. The van der Waals surface area contributed by atoms with Crippen LogP contribution in [0.15, 0.2) is 40.5 Å². The van der Waals surface area contributed by atoms with Crippen LogP contribution >= 0.6 is 11.3 Å². The monoisotopic (exact) mass is 393 g/mol. The SMILES string of the molecule is Cc1nc(-c2cc(C)n(NC(=O)c3nn(C)c(=O)c4ccccc34)c2C)cs1. The number of aromatic nitrogens is 4. The maximum absolute atomic E-state index is 13.0. The molecular weight excluding hydrogens is 374 g/mol. The molecular formula is C20H19N5O2S. The summed E-state index contributed by atoms with van der Waals surface area (Å²) in [7, 11) is 1.54. The van der Waals surface area contributed by atoms with Gasteiger partial charge < -0.3 is 0 Å². The lowest BCUT2D eigenvalue weighted by atomic mass is 10.1. The van der Waals surface area contributed by atoms with Crippen LogP contribution < -0.4 is 11.0 Å². The summed E-state index contributed by atoms with van der Waals surface area (Å²) in [5.41, 5.74) is 6.49. The number of hydrogen-bond donors (Lipinski definition) is 1. The molecule has 0 saturated carbocycles. The van der Waals surface area contributed by atoms with Gasteiger partial charge in [-0.25, -0.2) is 9.67 Å². The second-order valence-corrected chi connectivity index (χ2v) is 7.70. The number of carbonyl (C=O) groups excluding carboxylic acids is 1. The molecule has 0 saturated heterocycles. The van der Waals surface area contributed by atoms with Gasteiger partial charge in [-0.3, -0.25) is 19.7 Å². The van der Waals surface area contributed by atoms with E-state index in [1.165, 1.54) is 4.68 Å². The van der Waals surface area contributed by atoms with Gasteiger partial charge in [0, 0.05) is 34.8 Å². The predicted octanol–water partition coefficient (Wildman–Crippen LogP) is 3.17. The van der Waals surface area contributed by atoms with Gasteiger partial charge in [0.1, 0.15) is 0 Å². The molecule has 3 aromatic heterocycles. The molecule has 0 atom stereocenters. The minimum atomic E-state index is -0.380. The van der Waals surface area contributed by atoms with E-state index in [1.54, 1.807) is 47.3 Å². The van der Waals surface area contributed by atoms with Gasteiger partial charge in [0.2, 0.25) is 0 Å². The van der Waals surface area contributed by atoms with Gasteiger partial charge in [0.05, 0.1) is 16.1 Å². The Balaban J connectivity index is 1.76. The van der Waals surface area contributed by atoms with Crippen molar-refractivity contribution in [2.75, 3.05) is 5.43 Å². The zero-order chi connectivity index (χ0) is 20.0. The largest absolute Gasteiger partial charge is 0.291 e. The second-order valence-electron chi connectivity index (χ2n) is 6.64. The van der Waals surface area contributed by atoms with Crippen molar-refractivity contribution in [2.45, 2.75) is 20.8 Å². The fourth-order valence-corrected chi connectivity index (χ4v) is 3.92. The summed E-state index contributed by atoms with van der Waals surface area (Å²) in [5, 5.41) is 8.18. The molecule has 0 radical (unpaired) electrons. The van der Waals surface area contributed by atoms with Gasteiger partial charge in [-0.05, 0) is 32.9 Å². The highest BCUT2D eigenvalue weighted by Crippen LogP contribution is 2.27. The molecule has 4 aromatic rings. The van der Waals surface area contributed by atoms with Crippen LogP contribution in [-0.4, -0.2) is 25.3 Å². The Morgan fingerprint density at radius 3 is 2.54 bits per heavy atom. The highest BCUT2D eigenvalue weighted by atomic mass is 32.1. The normalized spacial score (nSPS) is 11.1. The lowest BCUT2D eigenvalue weighted by Gasteiger charge is -2.13. The number of thiazole rings is 1. The maximum atomic E-state index is 13.0. The van der Waals surface area contributed by atoms with Gasteiger partial charge in [-0.15, -0.1) is 11.3 Å². The number of nitrogens with one attached hydrogen (secondary N) is 1. The Morgan fingerprint density at radius 2 is 1.86 bits per heavy atom. The molecule has 7 nitrogen and oxygen atoms in total. The smallest absolute Gasteiger partial charge is 0.267 e. The zero-order valence-electron chi connectivity index (χ0n) is 16.0. The predicted molar refractivity (Wildman–Crippen MR) is 110 cm³/mol. The third-order valence-corrected chi connectivity index (χ3v) is 5.48. The van der Waals surface area contributed by atoms with E-state index in [-0.39, 0.29) is 17.2 Å². The Bertz CT molecular complexity index is 1280. The van der Waals surface area contributed by atoms with Gasteiger partial charge in [-0.2, -0.15) is 5.10 Å². The van der Waals surface area contributed by atoms with E-state index in [4.69, 9.17) is 0 Å². The van der Waals surface area contributed by atoms with Crippen LogP contribution in [0, 0.1) is 20.8 Å². The van der Waals surface area contributed by atoms with E-state index in [0.29, 0.717) is 10.8 Å². The topological polar surface area (TPSA) is 81.8 Å². The Morgan fingerprint density at radius 1 is 1.14 bits per heavy atom. The van der Waals surface area contributed by atoms with Crippen molar-refractivity contribution in [1.82, 2.24) is 19.4 Å². The van der Waals surface area contributed by atoms with Gasteiger partial charge in [-0.1, -0.05) is 18.2 Å². The van der Waals surface area contributed by atoms with Crippen molar-refractivity contribution in [3.63, 3.8) is 0 Å². The Hall–Kier alpha value is -3.26. The van der Waals surface area contributed by atoms with Crippen LogP contribution in [0.3, 0.4) is 0 Å². The average molecular weight is 393 g/mol. The highest BCUT2D eigenvalue weighted by Gasteiger charge is 2.19. The fraction of sp³-hybridized carbons (Fsp3) is 0.200. The number of nitrogens with zero attached hydrogens (tertiary/aromatic N) is 4. The fourth-order valence-electron chi connectivity index (χ4n) is 3.30. The number of hydrogen-bond acceptors (Lipinski definition) is 5. The number of fused-ring (bicyclic) bond motifs is 1. The number of rotatable bonds is 3. The molecule has 1 aromatic carbocycles. The van der Waals surface area contributed by atoms with Crippen molar-refractivity contribution in [3.8, 4) is 11.3 Å².